The Hall–Kier alpha value is -3.41. The van der Waals surface area contributed by atoms with Crippen LogP contribution < -0.4 is 10.9 Å². The third-order valence-corrected chi connectivity index (χ3v) is 4.77. The van der Waals surface area contributed by atoms with Gasteiger partial charge in [0, 0.05) is 30.6 Å². The first-order valence-electron chi connectivity index (χ1n) is 9.19. The lowest BCUT2D eigenvalue weighted by Gasteiger charge is -2.17. The van der Waals surface area contributed by atoms with E-state index < -0.39 is 11.5 Å². The highest BCUT2D eigenvalue weighted by molar-refractivity contribution is 5.96. The molecule has 6 nitrogen and oxygen atoms in total. The fraction of sp³-hybridized carbons (Fsp3) is 0.227. The molecular weight excluding hydrogens is 356 g/mol. The van der Waals surface area contributed by atoms with E-state index in [1.165, 1.54) is 4.90 Å². The summed E-state index contributed by atoms with van der Waals surface area (Å²) in [7, 11) is 1.63. The molecule has 142 valence electrons. The number of rotatable bonds is 5. The van der Waals surface area contributed by atoms with Gasteiger partial charge in [-0.3, -0.25) is 9.59 Å². The summed E-state index contributed by atoms with van der Waals surface area (Å²) >= 11 is 0. The zero-order chi connectivity index (χ0) is 19.7. The summed E-state index contributed by atoms with van der Waals surface area (Å²) in [5.74, 6) is -0.484. The number of carbonyl (C=O) groups is 2. The first-order valence-corrected chi connectivity index (χ1v) is 9.19. The zero-order valence-corrected chi connectivity index (χ0v) is 15.5. The minimum Gasteiger partial charge on any atom is -0.422 e. The number of para-hydroxylation sites is 1. The molecular formula is C22H20N2O4. The van der Waals surface area contributed by atoms with Crippen molar-refractivity contribution in [2.24, 2.45) is 0 Å². The van der Waals surface area contributed by atoms with Crippen LogP contribution in [-0.4, -0.2) is 29.8 Å². The van der Waals surface area contributed by atoms with Gasteiger partial charge < -0.3 is 14.6 Å². The standard InChI is InChI=1S/C22H20N2O4/c1-24(13-14-6-8-15(9-7-14)20(25)23-17-10-11-17)21(26)18-12-16-4-2-3-5-19(16)28-22(18)27/h2-9,12,17H,10-11,13H2,1H3,(H,23,25). The summed E-state index contributed by atoms with van der Waals surface area (Å²) < 4.78 is 5.25. The predicted molar refractivity (Wildman–Crippen MR) is 105 cm³/mol. The van der Waals surface area contributed by atoms with Crippen molar-refractivity contribution in [3.63, 3.8) is 0 Å². The molecule has 0 radical (unpaired) electrons. The maximum atomic E-state index is 12.7. The van der Waals surface area contributed by atoms with E-state index in [0.29, 0.717) is 29.1 Å². The number of carbonyl (C=O) groups excluding carboxylic acids is 2. The van der Waals surface area contributed by atoms with Crippen molar-refractivity contribution in [1.82, 2.24) is 10.2 Å². The Morgan fingerprint density at radius 2 is 1.82 bits per heavy atom. The van der Waals surface area contributed by atoms with Crippen molar-refractivity contribution in [3.8, 4) is 0 Å². The summed E-state index contributed by atoms with van der Waals surface area (Å²) in [6.45, 7) is 0.315. The fourth-order valence-electron chi connectivity index (χ4n) is 3.02. The molecule has 1 N–H and O–H groups in total. The summed E-state index contributed by atoms with van der Waals surface area (Å²) in [6, 6.07) is 16.1. The number of benzene rings is 2. The largest absolute Gasteiger partial charge is 0.422 e. The first kappa shape index (κ1) is 18.0. The Balaban J connectivity index is 1.47. The highest BCUT2D eigenvalue weighted by atomic mass is 16.4. The molecule has 0 atom stereocenters. The van der Waals surface area contributed by atoms with Gasteiger partial charge in [0.05, 0.1) is 0 Å². The van der Waals surface area contributed by atoms with E-state index in [2.05, 4.69) is 5.32 Å². The van der Waals surface area contributed by atoms with Gasteiger partial charge in [-0.25, -0.2) is 4.79 Å². The minimum absolute atomic E-state index is 0.00151. The smallest absolute Gasteiger partial charge is 0.349 e. The maximum Gasteiger partial charge on any atom is 0.349 e. The average Bonchev–Trinajstić information content (AvgIpc) is 3.51. The lowest BCUT2D eigenvalue weighted by atomic mass is 10.1. The quantitative estimate of drug-likeness (QED) is 0.695. The Labute approximate surface area is 161 Å². The van der Waals surface area contributed by atoms with E-state index in [-0.39, 0.29) is 11.5 Å². The minimum atomic E-state index is -0.650. The van der Waals surface area contributed by atoms with Crippen molar-refractivity contribution in [1.29, 1.82) is 0 Å². The lowest BCUT2D eigenvalue weighted by Crippen LogP contribution is -2.30. The van der Waals surface area contributed by atoms with Gasteiger partial charge >= 0.3 is 5.63 Å². The van der Waals surface area contributed by atoms with Gasteiger partial charge in [-0.05, 0) is 42.7 Å². The highest BCUT2D eigenvalue weighted by Gasteiger charge is 2.23. The van der Waals surface area contributed by atoms with Crippen molar-refractivity contribution >= 4 is 22.8 Å². The number of nitrogens with one attached hydrogen (secondary N) is 1. The lowest BCUT2D eigenvalue weighted by molar-refractivity contribution is 0.0780. The van der Waals surface area contributed by atoms with E-state index in [0.717, 1.165) is 18.4 Å². The van der Waals surface area contributed by atoms with Crippen LogP contribution in [0.2, 0.25) is 0 Å². The van der Waals surface area contributed by atoms with Gasteiger partial charge in [0.2, 0.25) is 0 Å². The maximum absolute atomic E-state index is 12.7. The SMILES string of the molecule is CN(Cc1ccc(C(=O)NC2CC2)cc1)C(=O)c1cc2ccccc2oc1=O. The summed E-state index contributed by atoms with van der Waals surface area (Å²) in [6.07, 6.45) is 2.08. The van der Waals surface area contributed by atoms with E-state index in [4.69, 9.17) is 4.42 Å². The van der Waals surface area contributed by atoms with Gasteiger partial charge in [-0.2, -0.15) is 0 Å². The molecule has 3 aromatic rings. The molecule has 2 amide bonds. The zero-order valence-electron chi connectivity index (χ0n) is 15.5. The van der Waals surface area contributed by atoms with Gasteiger partial charge in [-0.15, -0.1) is 0 Å². The molecule has 1 aliphatic carbocycles. The summed E-state index contributed by atoms with van der Waals surface area (Å²) in [5.41, 5.74) is 1.26. The van der Waals surface area contributed by atoms with Crippen molar-refractivity contribution in [3.05, 3.63) is 81.7 Å². The Kier molecular flexibility index (Phi) is 4.69. The van der Waals surface area contributed by atoms with Crippen LogP contribution in [0.5, 0.6) is 0 Å². The second-order valence-electron chi connectivity index (χ2n) is 7.09. The van der Waals surface area contributed by atoms with Gasteiger partial charge in [-0.1, -0.05) is 30.3 Å². The molecule has 28 heavy (non-hydrogen) atoms. The molecule has 1 aromatic heterocycles. The molecule has 0 bridgehead atoms. The van der Waals surface area contributed by atoms with Crippen LogP contribution in [-0.2, 0) is 6.54 Å². The second kappa shape index (κ2) is 7.31. The number of amides is 2. The molecule has 4 rings (SSSR count). The van der Waals surface area contributed by atoms with Gasteiger partial charge in [0.1, 0.15) is 11.1 Å². The molecule has 0 spiro atoms. The molecule has 1 saturated carbocycles. The van der Waals surface area contributed by atoms with Crippen LogP contribution in [0.1, 0.15) is 39.1 Å². The van der Waals surface area contributed by atoms with Crippen molar-refractivity contribution < 1.29 is 14.0 Å². The predicted octanol–water partition coefficient (Wildman–Crippen LogP) is 2.96. The van der Waals surface area contributed by atoms with E-state index in [9.17, 15) is 14.4 Å². The molecule has 0 saturated heterocycles. The molecule has 1 fully saturated rings. The average molecular weight is 376 g/mol. The Morgan fingerprint density at radius 3 is 2.54 bits per heavy atom. The number of nitrogens with zero attached hydrogens (tertiary/aromatic N) is 1. The van der Waals surface area contributed by atoms with Crippen LogP contribution in [0.4, 0.5) is 0 Å². The number of fused-ring (bicyclic) bond motifs is 1. The Morgan fingerprint density at radius 1 is 1.11 bits per heavy atom. The number of hydrogen-bond donors (Lipinski definition) is 1. The van der Waals surface area contributed by atoms with Crippen molar-refractivity contribution in [2.75, 3.05) is 7.05 Å². The topological polar surface area (TPSA) is 79.6 Å². The summed E-state index contributed by atoms with van der Waals surface area (Å²) in [5, 5.41) is 3.64. The second-order valence-corrected chi connectivity index (χ2v) is 7.09. The first-order chi connectivity index (χ1) is 13.5. The monoisotopic (exact) mass is 376 g/mol. The van der Waals surface area contributed by atoms with Crippen LogP contribution in [0, 0.1) is 0 Å². The van der Waals surface area contributed by atoms with E-state index in [1.54, 1.807) is 43.4 Å². The molecule has 0 aliphatic heterocycles. The third kappa shape index (κ3) is 3.81. The van der Waals surface area contributed by atoms with Gasteiger partial charge in [0.25, 0.3) is 11.8 Å². The molecule has 1 heterocycles. The van der Waals surface area contributed by atoms with E-state index >= 15 is 0 Å². The van der Waals surface area contributed by atoms with Crippen molar-refractivity contribution in [2.45, 2.75) is 25.4 Å². The molecule has 6 heteroatoms. The van der Waals surface area contributed by atoms with E-state index in [1.807, 2.05) is 18.2 Å². The Bertz CT molecular complexity index is 1100. The van der Waals surface area contributed by atoms with Crippen LogP contribution in [0.25, 0.3) is 11.0 Å². The third-order valence-electron chi connectivity index (χ3n) is 4.77. The van der Waals surface area contributed by atoms with Gasteiger partial charge in [0.15, 0.2) is 0 Å². The normalized spacial score (nSPS) is 13.3. The van der Waals surface area contributed by atoms with Crippen LogP contribution >= 0.6 is 0 Å². The summed E-state index contributed by atoms with van der Waals surface area (Å²) in [4.78, 5) is 38.4. The van der Waals surface area contributed by atoms with Crippen LogP contribution in [0.3, 0.4) is 0 Å². The fourth-order valence-corrected chi connectivity index (χ4v) is 3.02. The number of hydrogen-bond acceptors (Lipinski definition) is 4. The van der Waals surface area contributed by atoms with Crippen LogP contribution in [0.15, 0.2) is 63.8 Å². The molecule has 1 aliphatic rings. The highest BCUT2D eigenvalue weighted by Crippen LogP contribution is 2.19. The molecule has 2 aromatic carbocycles. The molecule has 0 unspecified atom stereocenters.